The van der Waals surface area contributed by atoms with Crippen molar-refractivity contribution in [3.63, 3.8) is 0 Å². The Bertz CT molecular complexity index is 303. The summed E-state index contributed by atoms with van der Waals surface area (Å²) in [5.41, 5.74) is 0. The molecule has 0 saturated carbocycles. The molecule has 1 heterocycles. The second-order valence-corrected chi connectivity index (χ2v) is 9.09. The monoisotopic (exact) mass is 346 g/mol. The predicted molar refractivity (Wildman–Crippen MR) is 70.7 cm³/mol. The maximum atomic E-state index is 11.6. The Kier molecular flexibility index (Phi) is 4.42. The lowest BCUT2D eigenvalue weighted by molar-refractivity contribution is 0.145. The standard InChI is InChI=1S/C9H19IN2O2S/c1-4-15(13,14)12-7-5-11(6-8-12)9(2,3)10/h4-8H2,1-3H3. The van der Waals surface area contributed by atoms with Crippen LogP contribution in [0.3, 0.4) is 0 Å². The fourth-order valence-electron chi connectivity index (χ4n) is 1.68. The molecule has 4 nitrogen and oxygen atoms in total. The Morgan fingerprint density at radius 1 is 1.20 bits per heavy atom. The van der Waals surface area contributed by atoms with E-state index >= 15 is 0 Å². The summed E-state index contributed by atoms with van der Waals surface area (Å²) in [6.07, 6.45) is 0. The van der Waals surface area contributed by atoms with E-state index in [4.69, 9.17) is 0 Å². The molecule has 15 heavy (non-hydrogen) atoms. The zero-order chi connectivity index (χ0) is 11.7. The van der Waals surface area contributed by atoms with Gasteiger partial charge in [0.2, 0.25) is 10.0 Å². The summed E-state index contributed by atoms with van der Waals surface area (Å²) < 4.78 is 24.9. The second-order valence-electron chi connectivity index (χ2n) is 4.20. The number of halogens is 1. The zero-order valence-electron chi connectivity index (χ0n) is 9.53. The highest BCUT2D eigenvalue weighted by Gasteiger charge is 2.31. The molecule has 0 bridgehead atoms. The number of hydrogen-bond donors (Lipinski definition) is 0. The van der Waals surface area contributed by atoms with E-state index in [1.807, 2.05) is 0 Å². The van der Waals surface area contributed by atoms with Gasteiger partial charge in [-0.05, 0) is 20.8 Å². The number of piperazine rings is 1. The summed E-state index contributed by atoms with van der Waals surface area (Å²) in [5, 5.41) is 0. The molecule has 0 atom stereocenters. The third kappa shape index (κ3) is 3.54. The third-order valence-corrected chi connectivity index (χ3v) is 5.31. The van der Waals surface area contributed by atoms with Crippen LogP contribution in [-0.2, 0) is 10.0 Å². The molecular formula is C9H19IN2O2S. The Hall–Kier alpha value is 0.600. The molecule has 0 aliphatic carbocycles. The van der Waals surface area contributed by atoms with Gasteiger partial charge in [-0.25, -0.2) is 8.42 Å². The van der Waals surface area contributed by atoms with Crippen molar-refractivity contribution in [3.05, 3.63) is 0 Å². The van der Waals surface area contributed by atoms with Crippen LogP contribution in [0.5, 0.6) is 0 Å². The molecule has 0 spiro atoms. The van der Waals surface area contributed by atoms with E-state index in [1.165, 1.54) is 0 Å². The van der Waals surface area contributed by atoms with Gasteiger partial charge in [-0.15, -0.1) is 0 Å². The van der Waals surface area contributed by atoms with Crippen molar-refractivity contribution < 1.29 is 8.42 Å². The Balaban J connectivity index is 2.57. The summed E-state index contributed by atoms with van der Waals surface area (Å²) in [4.78, 5) is 2.31. The quantitative estimate of drug-likeness (QED) is 0.437. The maximum absolute atomic E-state index is 11.6. The summed E-state index contributed by atoms with van der Waals surface area (Å²) in [6.45, 7) is 8.91. The van der Waals surface area contributed by atoms with Crippen molar-refractivity contribution in [3.8, 4) is 0 Å². The van der Waals surface area contributed by atoms with E-state index < -0.39 is 10.0 Å². The molecule has 1 saturated heterocycles. The SMILES string of the molecule is CCS(=O)(=O)N1CCN(C(C)(C)I)CC1. The minimum atomic E-state index is -2.99. The number of alkyl halides is 1. The van der Waals surface area contributed by atoms with E-state index in [9.17, 15) is 8.42 Å². The molecule has 1 aliphatic heterocycles. The zero-order valence-corrected chi connectivity index (χ0v) is 12.5. The predicted octanol–water partition coefficient (Wildman–Crippen LogP) is 1.12. The first kappa shape index (κ1) is 13.7. The topological polar surface area (TPSA) is 40.6 Å². The first-order chi connectivity index (χ1) is 6.77. The fraction of sp³-hybridized carbons (Fsp3) is 1.00. The minimum Gasteiger partial charge on any atom is -0.287 e. The van der Waals surface area contributed by atoms with Crippen LogP contribution in [0.15, 0.2) is 0 Å². The average Bonchev–Trinajstić information content (AvgIpc) is 2.17. The largest absolute Gasteiger partial charge is 0.287 e. The summed E-state index contributed by atoms with van der Waals surface area (Å²) >= 11 is 2.39. The molecule has 0 N–H and O–H groups in total. The molecular weight excluding hydrogens is 327 g/mol. The highest BCUT2D eigenvalue weighted by atomic mass is 127. The van der Waals surface area contributed by atoms with Gasteiger partial charge in [0.25, 0.3) is 0 Å². The summed E-state index contributed by atoms with van der Waals surface area (Å²) in [7, 11) is -2.99. The van der Waals surface area contributed by atoms with Crippen molar-refractivity contribution in [2.75, 3.05) is 31.9 Å². The molecule has 0 amide bonds. The molecule has 1 aliphatic rings. The van der Waals surface area contributed by atoms with Crippen molar-refractivity contribution in [1.29, 1.82) is 0 Å². The highest BCUT2D eigenvalue weighted by Crippen LogP contribution is 2.24. The number of hydrogen-bond acceptors (Lipinski definition) is 3. The van der Waals surface area contributed by atoms with Crippen LogP contribution >= 0.6 is 22.6 Å². The fourth-order valence-corrected chi connectivity index (χ4v) is 3.25. The summed E-state index contributed by atoms with van der Waals surface area (Å²) in [5.74, 6) is 0.209. The van der Waals surface area contributed by atoms with Crippen molar-refractivity contribution in [2.45, 2.75) is 24.3 Å². The van der Waals surface area contributed by atoms with E-state index in [2.05, 4.69) is 41.3 Å². The Labute approximate surface area is 106 Å². The molecule has 6 heteroatoms. The van der Waals surface area contributed by atoms with Crippen LogP contribution in [-0.4, -0.2) is 53.1 Å². The van der Waals surface area contributed by atoms with Crippen LogP contribution in [0, 0.1) is 0 Å². The molecule has 0 unspecified atom stereocenters. The van der Waals surface area contributed by atoms with Crippen molar-refractivity contribution >= 4 is 32.6 Å². The Morgan fingerprint density at radius 3 is 2.00 bits per heavy atom. The van der Waals surface area contributed by atoms with Crippen LogP contribution in [0.4, 0.5) is 0 Å². The number of sulfonamides is 1. The highest BCUT2D eigenvalue weighted by molar-refractivity contribution is 14.1. The summed E-state index contributed by atoms with van der Waals surface area (Å²) in [6, 6.07) is 0. The molecule has 0 aromatic carbocycles. The van der Waals surface area contributed by atoms with Gasteiger partial charge in [0.15, 0.2) is 0 Å². The van der Waals surface area contributed by atoms with E-state index in [0.717, 1.165) is 13.1 Å². The van der Waals surface area contributed by atoms with E-state index in [-0.39, 0.29) is 9.30 Å². The van der Waals surface area contributed by atoms with Gasteiger partial charge in [0.1, 0.15) is 0 Å². The number of rotatable bonds is 3. The molecule has 0 radical (unpaired) electrons. The van der Waals surface area contributed by atoms with Crippen molar-refractivity contribution in [2.24, 2.45) is 0 Å². The van der Waals surface area contributed by atoms with Gasteiger partial charge < -0.3 is 0 Å². The molecule has 1 fully saturated rings. The lowest BCUT2D eigenvalue weighted by Gasteiger charge is -2.40. The van der Waals surface area contributed by atoms with Crippen molar-refractivity contribution in [1.82, 2.24) is 9.21 Å². The van der Waals surface area contributed by atoms with Gasteiger partial charge in [-0.1, -0.05) is 22.6 Å². The van der Waals surface area contributed by atoms with Gasteiger partial charge in [0, 0.05) is 26.2 Å². The molecule has 90 valence electrons. The van der Waals surface area contributed by atoms with Gasteiger partial charge >= 0.3 is 0 Å². The van der Waals surface area contributed by atoms with Gasteiger partial charge in [-0.3, -0.25) is 4.90 Å². The van der Waals surface area contributed by atoms with E-state index in [0.29, 0.717) is 13.1 Å². The lowest BCUT2D eigenvalue weighted by atomic mass is 10.3. The van der Waals surface area contributed by atoms with Crippen LogP contribution in [0.2, 0.25) is 0 Å². The lowest BCUT2D eigenvalue weighted by Crippen LogP contribution is -2.53. The molecule has 0 aromatic heterocycles. The normalized spacial score (nSPS) is 21.9. The smallest absolute Gasteiger partial charge is 0.213 e. The maximum Gasteiger partial charge on any atom is 0.213 e. The second kappa shape index (κ2) is 4.85. The Morgan fingerprint density at radius 2 is 1.67 bits per heavy atom. The minimum absolute atomic E-state index is 0.111. The van der Waals surface area contributed by atoms with Crippen LogP contribution in [0.1, 0.15) is 20.8 Å². The molecule has 0 aromatic rings. The molecule has 1 rings (SSSR count). The first-order valence-corrected chi connectivity index (χ1v) is 7.88. The van der Waals surface area contributed by atoms with Gasteiger partial charge in [-0.2, -0.15) is 4.31 Å². The van der Waals surface area contributed by atoms with E-state index in [1.54, 1.807) is 11.2 Å². The van der Waals surface area contributed by atoms with Crippen LogP contribution in [0.25, 0.3) is 0 Å². The number of nitrogens with zero attached hydrogens (tertiary/aromatic N) is 2. The first-order valence-electron chi connectivity index (χ1n) is 5.19. The third-order valence-electron chi connectivity index (χ3n) is 2.75. The average molecular weight is 346 g/mol. The van der Waals surface area contributed by atoms with Gasteiger partial charge in [0.05, 0.1) is 9.30 Å². The van der Waals surface area contributed by atoms with Crippen LogP contribution < -0.4 is 0 Å².